The molecule has 8 heteroatoms. The first-order valence-corrected chi connectivity index (χ1v) is 8.42. The van der Waals surface area contributed by atoms with E-state index in [0.717, 1.165) is 11.3 Å². The number of halogens is 1. The van der Waals surface area contributed by atoms with Crippen LogP contribution in [0.25, 0.3) is 0 Å². The highest BCUT2D eigenvalue weighted by atomic mass is 79.9. The number of methoxy groups -OCH3 is 1. The topological polar surface area (TPSA) is 79.2 Å². The molecule has 0 fully saturated rings. The van der Waals surface area contributed by atoms with Gasteiger partial charge in [-0.15, -0.1) is 11.3 Å². The fourth-order valence-electron chi connectivity index (χ4n) is 1.46. The number of nitriles is 1. The van der Waals surface area contributed by atoms with Crippen LogP contribution in [0.5, 0.6) is 5.75 Å². The number of thiophene rings is 1. The Morgan fingerprint density at radius 3 is 2.65 bits per heavy atom. The monoisotopic (exact) mass is 372 g/mol. The third-order valence-corrected chi connectivity index (χ3v) is 5.84. The van der Waals surface area contributed by atoms with Crippen LogP contribution in [-0.2, 0) is 10.0 Å². The molecule has 2 aromatic rings. The molecule has 0 spiro atoms. The van der Waals surface area contributed by atoms with E-state index in [2.05, 4.69) is 20.7 Å². The summed E-state index contributed by atoms with van der Waals surface area (Å²) in [5.41, 5.74) is 0.407. The molecule has 0 aliphatic rings. The van der Waals surface area contributed by atoms with Gasteiger partial charge in [0.25, 0.3) is 10.0 Å². The first-order valence-electron chi connectivity index (χ1n) is 5.32. The van der Waals surface area contributed by atoms with Crippen LogP contribution in [0.15, 0.2) is 39.0 Å². The molecule has 1 heterocycles. The van der Waals surface area contributed by atoms with Crippen LogP contribution in [-0.4, -0.2) is 15.5 Å². The Bertz CT molecular complexity index is 778. The summed E-state index contributed by atoms with van der Waals surface area (Å²) in [6.45, 7) is 0. The lowest BCUT2D eigenvalue weighted by Crippen LogP contribution is -2.11. The van der Waals surface area contributed by atoms with Crippen LogP contribution in [0.2, 0.25) is 0 Å². The van der Waals surface area contributed by atoms with Crippen molar-refractivity contribution in [3.8, 4) is 11.8 Å². The number of nitrogens with zero attached hydrogens (tertiary/aromatic N) is 1. The number of rotatable bonds is 4. The summed E-state index contributed by atoms with van der Waals surface area (Å²) in [4.78, 5) is 0.348. The SMILES string of the molecule is COc1ccc(NS(=O)(=O)c2ccc(C#N)s2)cc1Br. The van der Waals surface area contributed by atoms with Gasteiger partial charge in [0.05, 0.1) is 17.3 Å². The van der Waals surface area contributed by atoms with E-state index in [0.29, 0.717) is 20.8 Å². The molecule has 0 atom stereocenters. The molecule has 2 rings (SSSR count). The van der Waals surface area contributed by atoms with Crippen molar-refractivity contribution in [2.75, 3.05) is 11.8 Å². The molecule has 0 aliphatic heterocycles. The number of sulfonamides is 1. The molecule has 0 saturated heterocycles. The van der Waals surface area contributed by atoms with Gasteiger partial charge in [-0.25, -0.2) is 8.42 Å². The Balaban J connectivity index is 2.29. The number of hydrogen-bond donors (Lipinski definition) is 1. The largest absolute Gasteiger partial charge is 0.496 e. The molecule has 0 amide bonds. The van der Waals surface area contributed by atoms with Crippen molar-refractivity contribution in [1.29, 1.82) is 5.26 Å². The predicted molar refractivity (Wildman–Crippen MR) is 80.5 cm³/mol. The fourth-order valence-corrected chi connectivity index (χ4v) is 4.15. The predicted octanol–water partition coefficient (Wildman–Crippen LogP) is 3.19. The van der Waals surface area contributed by atoms with Crippen molar-refractivity contribution in [3.63, 3.8) is 0 Å². The molecule has 1 N–H and O–H groups in total. The van der Waals surface area contributed by atoms with E-state index in [1.807, 2.05) is 6.07 Å². The summed E-state index contributed by atoms with van der Waals surface area (Å²) in [5.74, 6) is 0.607. The summed E-state index contributed by atoms with van der Waals surface area (Å²) in [6, 6.07) is 9.65. The van der Waals surface area contributed by atoms with Crippen LogP contribution in [0.4, 0.5) is 5.69 Å². The molecule has 0 radical (unpaired) electrons. The zero-order valence-electron chi connectivity index (χ0n) is 10.3. The van der Waals surface area contributed by atoms with E-state index in [4.69, 9.17) is 10.00 Å². The molecule has 0 unspecified atom stereocenters. The normalized spacial score (nSPS) is 10.8. The fraction of sp³-hybridized carbons (Fsp3) is 0.0833. The molecule has 1 aromatic carbocycles. The van der Waals surface area contributed by atoms with E-state index in [1.165, 1.54) is 19.2 Å². The highest BCUT2D eigenvalue weighted by Gasteiger charge is 2.17. The second kappa shape index (κ2) is 5.83. The van der Waals surface area contributed by atoms with Gasteiger partial charge in [0, 0.05) is 0 Å². The third-order valence-electron chi connectivity index (χ3n) is 2.36. The lowest BCUT2D eigenvalue weighted by molar-refractivity contribution is 0.412. The average molecular weight is 373 g/mol. The Morgan fingerprint density at radius 2 is 2.10 bits per heavy atom. The standard InChI is InChI=1S/C12H9BrN2O3S2/c1-18-11-4-2-8(6-10(11)13)15-20(16,17)12-5-3-9(7-14)19-12/h2-6,15H,1H3. The van der Waals surface area contributed by atoms with Gasteiger partial charge in [-0.05, 0) is 46.3 Å². The van der Waals surface area contributed by atoms with Crippen molar-refractivity contribution >= 4 is 43.0 Å². The van der Waals surface area contributed by atoms with Crippen LogP contribution in [0, 0.1) is 11.3 Å². The molecule has 5 nitrogen and oxygen atoms in total. The highest BCUT2D eigenvalue weighted by Crippen LogP contribution is 2.29. The lowest BCUT2D eigenvalue weighted by Gasteiger charge is -2.08. The van der Waals surface area contributed by atoms with Crippen LogP contribution in [0.3, 0.4) is 0 Å². The van der Waals surface area contributed by atoms with Gasteiger partial charge >= 0.3 is 0 Å². The smallest absolute Gasteiger partial charge is 0.271 e. The summed E-state index contributed by atoms with van der Waals surface area (Å²) >= 11 is 4.21. The van der Waals surface area contributed by atoms with E-state index >= 15 is 0 Å². The molecular formula is C12H9BrN2O3S2. The van der Waals surface area contributed by atoms with Crippen molar-refractivity contribution < 1.29 is 13.2 Å². The van der Waals surface area contributed by atoms with Crippen LogP contribution in [0.1, 0.15) is 4.88 Å². The van der Waals surface area contributed by atoms with Crippen molar-refractivity contribution in [3.05, 3.63) is 39.7 Å². The maximum absolute atomic E-state index is 12.1. The van der Waals surface area contributed by atoms with Crippen LogP contribution < -0.4 is 9.46 Å². The van der Waals surface area contributed by atoms with Gasteiger partial charge in [0.15, 0.2) is 0 Å². The number of ether oxygens (including phenoxy) is 1. The van der Waals surface area contributed by atoms with Gasteiger partial charge in [-0.1, -0.05) is 0 Å². The number of benzene rings is 1. The molecule has 0 bridgehead atoms. The van der Waals surface area contributed by atoms with Gasteiger partial charge in [-0.2, -0.15) is 5.26 Å². The zero-order valence-corrected chi connectivity index (χ0v) is 13.5. The maximum Gasteiger partial charge on any atom is 0.271 e. The molecule has 20 heavy (non-hydrogen) atoms. The maximum atomic E-state index is 12.1. The second-order valence-corrected chi connectivity index (χ2v) is 7.53. The third kappa shape index (κ3) is 3.12. The number of anilines is 1. The average Bonchev–Trinajstić information content (AvgIpc) is 2.88. The Kier molecular flexibility index (Phi) is 4.32. The second-order valence-electron chi connectivity index (χ2n) is 3.69. The number of hydrogen-bond acceptors (Lipinski definition) is 5. The van der Waals surface area contributed by atoms with Gasteiger partial charge < -0.3 is 4.74 Å². The summed E-state index contributed by atoms with van der Waals surface area (Å²) < 4.78 is 32.5. The minimum absolute atomic E-state index is 0.0981. The molecule has 104 valence electrons. The number of nitrogens with one attached hydrogen (secondary N) is 1. The van der Waals surface area contributed by atoms with Crippen LogP contribution >= 0.6 is 27.3 Å². The first-order chi connectivity index (χ1) is 9.46. The van der Waals surface area contributed by atoms with Crippen molar-refractivity contribution in [2.24, 2.45) is 0 Å². The highest BCUT2D eigenvalue weighted by molar-refractivity contribution is 9.10. The summed E-state index contributed by atoms with van der Waals surface area (Å²) in [7, 11) is -2.16. The Hall–Kier alpha value is -1.56. The molecular weight excluding hydrogens is 364 g/mol. The minimum atomic E-state index is -3.68. The Labute approximate surface area is 129 Å². The molecule has 0 saturated carbocycles. The van der Waals surface area contributed by atoms with E-state index in [1.54, 1.807) is 18.2 Å². The van der Waals surface area contributed by atoms with E-state index in [9.17, 15) is 8.42 Å². The van der Waals surface area contributed by atoms with Gasteiger partial charge in [0.1, 0.15) is 20.9 Å². The summed E-state index contributed by atoms with van der Waals surface area (Å²) in [5, 5.41) is 8.73. The van der Waals surface area contributed by atoms with Gasteiger partial charge in [0.2, 0.25) is 0 Å². The van der Waals surface area contributed by atoms with E-state index in [-0.39, 0.29) is 4.21 Å². The first kappa shape index (κ1) is 14.8. The van der Waals surface area contributed by atoms with Gasteiger partial charge in [-0.3, -0.25) is 4.72 Å². The lowest BCUT2D eigenvalue weighted by atomic mass is 10.3. The summed E-state index contributed by atoms with van der Waals surface area (Å²) in [6.07, 6.45) is 0. The molecule has 0 aliphatic carbocycles. The van der Waals surface area contributed by atoms with E-state index < -0.39 is 10.0 Å². The van der Waals surface area contributed by atoms with Crippen molar-refractivity contribution in [2.45, 2.75) is 4.21 Å². The Morgan fingerprint density at radius 1 is 1.35 bits per heavy atom. The quantitative estimate of drug-likeness (QED) is 0.893. The molecule has 1 aromatic heterocycles. The zero-order chi connectivity index (χ0) is 14.8. The van der Waals surface area contributed by atoms with Crippen molar-refractivity contribution in [1.82, 2.24) is 0 Å². The minimum Gasteiger partial charge on any atom is -0.496 e.